The minimum atomic E-state index is -0.194. The van der Waals surface area contributed by atoms with Gasteiger partial charge < -0.3 is 4.74 Å². The summed E-state index contributed by atoms with van der Waals surface area (Å²) >= 11 is 5.76. The van der Waals surface area contributed by atoms with Crippen molar-refractivity contribution in [3.8, 4) is 12.3 Å². The highest BCUT2D eigenvalue weighted by Crippen LogP contribution is 2.09. The third kappa shape index (κ3) is 3.45. The van der Waals surface area contributed by atoms with Crippen LogP contribution in [0, 0.1) is 12.3 Å². The fourth-order valence-electron chi connectivity index (χ4n) is 0.786. The Morgan fingerprint density at radius 1 is 1.77 bits per heavy atom. The summed E-state index contributed by atoms with van der Waals surface area (Å²) in [5.74, 6) is 2.47. The second kappa shape index (κ2) is 4.86. The molecule has 0 aromatic carbocycles. The van der Waals surface area contributed by atoms with Crippen molar-refractivity contribution >= 4 is 11.6 Å². The molecule has 0 N–H and O–H groups in total. The summed E-state index contributed by atoms with van der Waals surface area (Å²) in [7, 11) is 0. The molecule has 0 amide bonds. The van der Waals surface area contributed by atoms with E-state index in [0.29, 0.717) is 11.6 Å². The van der Waals surface area contributed by atoms with Crippen LogP contribution in [-0.2, 0) is 11.3 Å². The smallest absolute Gasteiger partial charge is 0.115 e. The first kappa shape index (κ1) is 10.0. The maximum Gasteiger partial charge on any atom is 0.115 e. The molecule has 2 nitrogen and oxygen atoms in total. The Kier molecular flexibility index (Phi) is 3.75. The van der Waals surface area contributed by atoms with Gasteiger partial charge in [-0.2, -0.15) is 0 Å². The van der Waals surface area contributed by atoms with Crippen LogP contribution >= 0.6 is 11.6 Å². The predicted molar refractivity (Wildman–Crippen MR) is 52.3 cm³/mol. The lowest BCUT2D eigenvalue weighted by molar-refractivity contribution is 0.0878. The van der Waals surface area contributed by atoms with Crippen molar-refractivity contribution in [3.05, 3.63) is 29.0 Å². The molecule has 1 unspecified atom stereocenters. The van der Waals surface area contributed by atoms with Gasteiger partial charge in [0.1, 0.15) is 6.10 Å². The molecule has 68 valence electrons. The van der Waals surface area contributed by atoms with Crippen molar-refractivity contribution in [3.63, 3.8) is 0 Å². The fraction of sp³-hybridized carbons (Fsp3) is 0.300. The van der Waals surface area contributed by atoms with Crippen LogP contribution < -0.4 is 0 Å². The minimum absolute atomic E-state index is 0.194. The van der Waals surface area contributed by atoms with Crippen LogP contribution in [0.2, 0.25) is 5.02 Å². The summed E-state index contributed by atoms with van der Waals surface area (Å²) in [6, 6.07) is 3.47. The average Bonchev–Trinajstić information content (AvgIpc) is 2.14. The monoisotopic (exact) mass is 195 g/mol. The summed E-state index contributed by atoms with van der Waals surface area (Å²) in [4.78, 5) is 4.07. The third-order valence-electron chi connectivity index (χ3n) is 1.49. The lowest BCUT2D eigenvalue weighted by Crippen LogP contribution is -2.05. The molecule has 0 fully saturated rings. The lowest BCUT2D eigenvalue weighted by Gasteiger charge is -2.05. The van der Waals surface area contributed by atoms with Gasteiger partial charge in [-0.15, -0.1) is 6.42 Å². The van der Waals surface area contributed by atoms with E-state index in [1.807, 2.05) is 6.92 Å². The van der Waals surface area contributed by atoms with Gasteiger partial charge in [0.15, 0.2) is 0 Å². The van der Waals surface area contributed by atoms with Crippen LogP contribution in [0.4, 0.5) is 0 Å². The molecule has 1 rings (SSSR count). The van der Waals surface area contributed by atoms with E-state index in [1.165, 1.54) is 0 Å². The van der Waals surface area contributed by atoms with Crippen LogP contribution in [0.15, 0.2) is 18.3 Å². The zero-order valence-corrected chi connectivity index (χ0v) is 8.08. The molecule has 1 heterocycles. The molecule has 1 aromatic heterocycles. The second-order valence-corrected chi connectivity index (χ2v) is 3.02. The molecule has 0 aliphatic carbocycles. The van der Waals surface area contributed by atoms with Crippen molar-refractivity contribution in [2.75, 3.05) is 0 Å². The SMILES string of the molecule is C#CC(C)OCc1cc(Cl)ccn1. The molecule has 0 aliphatic heterocycles. The van der Waals surface area contributed by atoms with E-state index >= 15 is 0 Å². The van der Waals surface area contributed by atoms with Gasteiger partial charge >= 0.3 is 0 Å². The Morgan fingerprint density at radius 3 is 3.15 bits per heavy atom. The van der Waals surface area contributed by atoms with E-state index in [4.69, 9.17) is 22.8 Å². The molecule has 0 saturated carbocycles. The number of ether oxygens (including phenoxy) is 1. The first-order valence-electron chi connectivity index (χ1n) is 3.90. The molecule has 0 spiro atoms. The normalized spacial score (nSPS) is 12.1. The number of nitrogens with zero attached hydrogens (tertiary/aromatic N) is 1. The predicted octanol–water partition coefficient (Wildman–Crippen LogP) is 2.27. The number of terminal acetylenes is 1. The molecule has 0 radical (unpaired) electrons. The van der Waals surface area contributed by atoms with E-state index in [9.17, 15) is 0 Å². The number of hydrogen-bond acceptors (Lipinski definition) is 2. The number of halogens is 1. The molecule has 0 bridgehead atoms. The van der Waals surface area contributed by atoms with Crippen molar-refractivity contribution < 1.29 is 4.74 Å². The third-order valence-corrected chi connectivity index (χ3v) is 1.73. The van der Waals surface area contributed by atoms with Gasteiger partial charge in [0, 0.05) is 11.2 Å². The standard InChI is InChI=1S/C10H10ClNO/c1-3-8(2)13-7-10-6-9(11)4-5-12-10/h1,4-6,8H,7H2,2H3. The number of pyridine rings is 1. The molecule has 3 heteroatoms. The minimum Gasteiger partial charge on any atom is -0.360 e. The van der Waals surface area contributed by atoms with Crippen molar-refractivity contribution in [1.82, 2.24) is 4.98 Å². The molecular weight excluding hydrogens is 186 g/mol. The quantitative estimate of drug-likeness (QED) is 0.691. The summed E-state index contributed by atoms with van der Waals surface area (Å²) in [5.41, 5.74) is 0.787. The van der Waals surface area contributed by atoms with Crippen LogP contribution in [0.3, 0.4) is 0 Å². The van der Waals surface area contributed by atoms with Gasteiger partial charge in [0.25, 0.3) is 0 Å². The molecular formula is C10H10ClNO. The Labute approximate surface area is 82.9 Å². The van der Waals surface area contributed by atoms with Crippen molar-refractivity contribution in [2.24, 2.45) is 0 Å². The first-order valence-corrected chi connectivity index (χ1v) is 4.28. The van der Waals surface area contributed by atoms with Gasteiger partial charge in [0.2, 0.25) is 0 Å². The second-order valence-electron chi connectivity index (χ2n) is 2.59. The molecule has 0 saturated heterocycles. The van der Waals surface area contributed by atoms with Crippen LogP contribution in [0.5, 0.6) is 0 Å². The van der Waals surface area contributed by atoms with Gasteiger partial charge in [0.05, 0.1) is 12.3 Å². The highest BCUT2D eigenvalue weighted by atomic mass is 35.5. The first-order chi connectivity index (χ1) is 6.22. The van der Waals surface area contributed by atoms with Crippen LogP contribution in [0.25, 0.3) is 0 Å². The Morgan fingerprint density at radius 2 is 2.54 bits per heavy atom. The van der Waals surface area contributed by atoms with Crippen molar-refractivity contribution in [2.45, 2.75) is 19.6 Å². The molecule has 1 atom stereocenters. The maximum absolute atomic E-state index is 5.76. The average molecular weight is 196 g/mol. The largest absolute Gasteiger partial charge is 0.360 e. The van der Waals surface area contributed by atoms with Crippen LogP contribution in [0.1, 0.15) is 12.6 Å². The van der Waals surface area contributed by atoms with E-state index in [2.05, 4.69) is 10.9 Å². The van der Waals surface area contributed by atoms with E-state index < -0.39 is 0 Å². The topological polar surface area (TPSA) is 22.1 Å². The molecule has 1 aromatic rings. The lowest BCUT2D eigenvalue weighted by atomic mass is 10.3. The maximum atomic E-state index is 5.76. The van der Waals surface area contributed by atoms with Crippen LogP contribution in [-0.4, -0.2) is 11.1 Å². The summed E-state index contributed by atoms with van der Waals surface area (Å²) < 4.78 is 5.27. The van der Waals surface area contributed by atoms with E-state index in [0.717, 1.165) is 5.69 Å². The summed E-state index contributed by atoms with van der Waals surface area (Å²) in [6.45, 7) is 2.20. The summed E-state index contributed by atoms with van der Waals surface area (Å²) in [6.07, 6.45) is 6.59. The van der Waals surface area contributed by atoms with Gasteiger partial charge in [-0.1, -0.05) is 17.5 Å². The molecule has 13 heavy (non-hydrogen) atoms. The van der Waals surface area contributed by atoms with Gasteiger partial charge in [-0.05, 0) is 19.1 Å². The number of hydrogen-bond donors (Lipinski definition) is 0. The fourth-order valence-corrected chi connectivity index (χ4v) is 0.968. The zero-order chi connectivity index (χ0) is 9.68. The van der Waals surface area contributed by atoms with E-state index in [-0.39, 0.29) is 6.10 Å². The Hall–Kier alpha value is -1.04. The van der Waals surface area contributed by atoms with E-state index in [1.54, 1.807) is 18.3 Å². The summed E-state index contributed by atoms with van der Waals surface area (Å²) in [5, 5.41) is 0.655. The zero-order valence-electron chi connectivity index (χ0n) is 7.33. The number of rotatable bonds is 3. The highest BCUT2D eigenvalue weighted by molar-refractivity contribution is 6.30. The van der Waals surface area contributed by atoms with Crippen molar-refractivity contribution in [1.29, 1.82) is 0 Å². The Bertz CT molecular complexity index is 319. The number of aromatic nitrogens is 1. The van der Waals surface area contributed by atoms with Gasteiger partial charge in [-0.3, -0.25) is 4.98 Å². The highest BCUT2D eigenvalue weighted by Gasteiger charge is 1.99. The Balaban J connectivity index is 2.51. The van der Waals surface area contributed by atoms with Gasteiger partial charge in [-0.25, -0.2) is 0 Å². The molecule has 0 aliphatic rings.